The molecule has 132 valence electrons. The number of methoxy groups -OCH3 is 1. The van der Waals surface area contributed by atoms with Gasteiger partial charge in [-0.05, 0) is 42.3 Å². The Kier molecular flexibility index (Phi) is 5.21. The van der Waals surface area contributed by atoms with Crippen molar-refractivity contribution in [1.82, 2.24) is 10.6 Å². The number of hydrogen-bond acceptors (Lipinski definition) is 4. The third-order valence-electron chi connectivity index (χ3n) is 4.38. The van der Waals surface area contributed by atoms with Gasteiger partial charge in [0.1, 0.15) is 11.5 Å². The van der Waals surface area contributed by atoms with Crippen LogP contribution in [0.15, 0.2) is 48.5 Å². The maximum Gasteiger partial charge on any atom is 0.120 e. The van der Waals surface area contributed by atoms with E-state index in [9.17, 15) is 5.11 Å². The number of benzene rings is 2. The summed E-state index contributed by atoms with van der Waals surface area (Å²) < 4.78 is 5.34. The molecule has 1 aliphatic rings. The Balaban J connectivity index is 2.03. The zero-order valence-corrected chi connectivity index (χ0v) is 15.3. The number of nitrogens with one attached hydrogen (secondary N) is 2. The Morgan fingerprint density at radius 3 is 2.68 bits per heavy atom. The van der Waals surface area contributed by atoms with Gasteiger partial charge in [-0.1, -0.05) is 37.6 Å². The van der Waals surface area contributed by atoms with Crippen molar-refractivity contribution < 1.29 is 9.84 Å². The molecule has 0 spiro atoms. The van der Waals surface area contributed by atoms with Gasteiger partial charge in [-0.2, -0.15) is 0 Å². The van der Waals surface area contributed by atoms with E-state index in [0.717, 1.165) is 22.6 Å². The second-order valence-electron chi connectivity index (χ2n) is 6.53. The first-order valence-electron chi connectivity index (χ1n) is 8.35. The van der Waals surface area contributed by atoms with Gasteiger partial charge in [0, 0.05) is 21.8 Å². The molecule has 0 aliphatic carbocycles. The normalized spacial score (nSPS) is 20.1. The molecule has 3 N–H and O–H groups in total. The van der Waals surface area contributed by atoms with Gasteiger partial charge in [0.25, 0.3) is 0 Å². The molecule has 1 heterocycles. The quantitative estimate of drug-likeness (QED) is 0.762. The van der Waals surface area contributed by atoms with Crippen LogP contribution in [0.1, 0.15) is 31.0 Å². The number of aromatic hydroxyl groups is 1. The zero-order chi connectivity index (χ0) is 18.0. The summed E-state index contributed by atoms with van der Waals surface area (Å²) in [5.74, 6) is 1.40. The fourth-order valence-corrected chi connectivity index (χ4v) is 3.13. The van der Waals surface area contributed by atoms with Crippen molar-refractivity contribution in [3.8, 4) is 11.5 Å². The first-order chi connectivity index (χ1) is 12.0. The van der Waals surface area contributed by atoms with E-state index in [0.29, 0.717) is 10.9 Å². The number of ether oxygens (including phenoxy) is 1. The standard InChI is InChI=1S/C20H23ClN2O2/c1-12(2)20-22-17(13-5-4-6-15(9-13)25-3)11-18(23-20)16-10-14(21)7-8-19(16)24/h4-12,18,20,22-24H,1-3H3. The maximum absolute atomic E-state index is 10.3. The minimum absolute atomic E-state index is 0.0644. The molecule has 0 bridgehead atoms. The van der Waals surface area contributed by atoms with Gasteiger partial charge in [0.2, 0.25) is 0 Å². The molecular formula is C20H23ClN2O2. The summed E-state index contributed by atoms with van der Waals surface area (Å²) in [6.45, 7) is 4.29. The van der Waals surface area contributed by atoms with Crippen LogP contribution in [0.2, 0.25) is 5.02 Å². The van der Waals surface area contributed by atoms with Crippen molar-refractivity contribution in [2.24, 2.45) is 5.92 Å². The monoisotopic (exact) mass is 358 g/mol. The van der Waals surface area contributed by atoms with E-state index in [4.69, 9.17) is 16.3 Å². The number of phenols is 1. The first kappa shape index (κ1) is 17.6. The highest BCUT2D eigenvalue weighted by Crippen LogP contribution is 2.33. The van der Waals surface area contributed by atoms with Crippen LogP contribution < -0.4 is 15.4 Å². The number of rotatable bonds is 4. The van der Waals surface area contributed by atoms with E-state index in [1.807, 2.05) is 24.3 Å². The molecular weight excluding hydrogens is 336 g/mol. The Morgan fingerprint density at radius 2 is 1.96 bits per heavy atom. The summed E-state index contributed by atoms with van der Waals surface area (Å²) in [6.07, 6.45) is 2.13. The van der Waals surface area contributed by atoms with Gasteiger partial charge in [0.15, 0.2) is 0 Å². The van der Waals surface area contributed by atoms with Crippen molar-refractivity contribution in [2.75, 3.05) is 7.11 Å². The van der Waals surface area contributed by atoms with E-state index in [-0.39, 0.29) is 18.0 Å². The molecule has 0 amide bonds. The van der Waals surface area contributed by atoms with Gasteiger partial charge in [-0.25, -0.2) is 0 Å². The minimum Gasteiger partial charge on any atom is -0.508 e. The fourth-order valence-electron chi connectivity index (χ4n) is 2.95. The zero-order valence-electron chi connectivity index (χ0n) is 14.6. The fraction of sp³-hybridized carbons (Fsp3) is 0.300. The number of halogens is 1. The summed E-state index contributed by atoms with van der Waals surface area (Å²) in [4.78, 5) is 0. The van der Waals surface area contributed by atoms with Crippen LogP contribution in [-0.2, 0) is 0 Å². The molecule has 2 aromatic carbocycles. The molecule has 0 fully saturated rings. The Labute approximate surface area is 153 Å². The smallest absolute Gasteiger partial charge is 0.120 e. The Morgan fingerprint density at radius 1 is 1.16 bits per heavy atom. The molecule has 4 nitrogen and oxygen atoms in total. The lowest BCUT2D eigenvalue weighted by Gasteiger charge is -2.35. The maximum atomic E-state index is 10.3. The molecule has 2 aromatic rings. The summed E-state index contributed by atoms with van der Waals surface area (Å²) in [7, 11) is 1.66. The minimum atomic E-state index is -0.145. The predicted molar refractivity (Wildman–Crippen MR) is 102 cm³/mol. The average molecular weight is 359 g/mol. The predicted octanol–water partition coefficient (Wildman–Crippen LogP) is 4.31. The average Bonchev–Trinajstić information content (AvgIpc) is 2.63. The molecule has 1 aliphatic heterocycles. The van der Waals surface area contributed by atoms with Crippen LogP contribution in [0, 0.1) is 5.92 Å². The van der Waals surface area contributed by atoms with Gasteiger partial charge >= 0.3 is 0 Å². The van der Waals surface area contributed by atoms with Crippen LogP contribution in [0.3, 0.4) is 0 Å². The lowest BCUT2D eigenvalue weighted by atomic mass is 9.97. The van der Waals surface area contributed by atoms with E-state index in [1.165, 1.54) is 0 Å². The van der Waals surface area contributed by atoms with Gasteiger partial charge in [-0.3, -0.25) is 5.32 Å². The van der Waals surface area contributed by atoms with E-state index >= 15 is 0 Å². The highest BCUT2D eigenvalue weighted by Gasteiger charge is 2.26. The van der Waals surface area contributed by atoms with Crippen molar-refractivity contribution >= 4 is 17.3 Å². The van der Waals surface area contributed by atoms with Crippen LogP contribution in [0.5, 0.6) is 11.5 Å². The highest BCUT2D eigenvalue weighted by molar-refractivity contribution is 6.30. The van der Waals surface area contributed by atoms with Crippen molar-refractivity contribution in [3.05, 3.63) is 64.7 Å². The molecule has 0 aromatic heterocycles. The molecule has 0 saturated carbocycles. The highest BCUT2D eigenvalue weighted by atomic mass is 35.5. The Bertz CT molecular complexity index is 789. The summed E-state index contributed by atoms with van der Waals surface area (Å²) in [5, 5.41) is 17.9. The molecule has 25 heavy (non-hydrogen) atoms. The van der Waals surface area contributed by atoms with Crippen LogP contribution >= 0.6 is 11.6 Å². The topological polar surface area (TPSA) is 53.5 Å². The first-order valence-corrected chi connectivity index (χ1v) is 8.73. The lowest BCUT2D eigenvalue weighted by Crippen LogP contribution is -2.49. The third-order valence-corrected chi connectivity index (χ3v) is 4.61. The summed E-state index contributed by atoms with van der Waals surface area (Å²) in [5.41, 5.74) is 2.80. The second kappa shape index (κ2) is 7.38. The van der Waals surface area contributed by atoms with Crippen LogP contribution in [0.25, 0.3) is 5.70 Å². The molecule has 2 unspecified atom stereocenters. The molecule has 0 radical (unpaired) electrons. The lowest BCUT2D eigenvalue weighted by molar-refractivity contribution is 0.335. The number of hydrogen-bond donors (Lipinski definition) is 3. The molecule has 0 saturated heterocycles. The van der Waals surface area contributed by atoms with Crippen LogP contribution in [-0.4, -0.2) is 18.4 Å². The van der Waals surface area contributed by atoms with Crippen molar-refractivity contribution in [3.63, 3.8) is 0 Å². The van der Waals surface area contributed by atoms with Crippen molar-refractivity contribution in [2.45, 2.75) is 26.1 Å². The van der Waals surface area contributed by atoms with E-state index in [1.54, 1.807) is 25.3 Å². The second-order valence-corrected chi connectivity index (χ2v) is 6.96. The Hall–Kier alpha value is -2.17. The summed E-state index contributed by atoms with van der Waals surface area (Å²) in [6, 6.07) is 12.9. The molecule has 2 atom stereocenters. The molecule has 3 rings (SSSR count). The number of phenolic OH excluding ortho intramolecular Hbond substituents is 1. The molecule has 5 heteroatoms. The van der Waals surface area contributed by atoms with E-state index in [2.05, 4.69) is 30.6 Å². The van der Waals surface area contributed by atoms with Gasteiger partial charge in [0.05, 0.1) is 19.3 Å². The summed E-state index contributed by atoms with van der Waals surface area (Å²) >= 11 is 6.14. The van der Waals surface area contributed by atoms with E-state index < -0.39 is 0 Å². The largest absolute Gasteiger partial charge is 0.508 e. The van der Waals surface area contributed by atoms with Gasteiger partial charge < -0.3 is 15.2 Å². The van der Waals surface area contributed by atoms with Crippen LogP contribution in [0.4, 0.5) is 0 Å². The van der Waals surface area contributed by atoms with Crippen molar-refractivity contribution in [1.29, 1.82) is 0 Å². The SMILES string of the molecule is COc1cccc(C2=CC(c3cc(Cl)ccc3O)NC(C(C)C)N2)c1. The third kappa shape index (κ3) is 3.91. The van der Waals surface area contributed by atoms with Gasteiger partial charge in [-0.15, -0.1) is 0 Å².